The van der Waals surface area contributed by atoms with Crippen molar-refractivity contribution in [1.29, 1.82) is 0 Å². The molecule has 0 N–H and O–H groups in total. The molecule has 0 heterocycles. The molecular weight excluding hydrogens is 256 g/mol. The summed E-state index contributed by atoms with van der Waals surface area (Å²) in [5, 5.41) is 0. The normalized spacial score (nSPS) is 45.4. The SMILES string of the molecule is C=C(C)C(=O)OC1C2CC(C3CC32)C1OS(=O)[O-]. The van der Waals surface area contributed by atoms with Gasteiger partial charge in [0, 0.05) is 11.5 Å². The number of carbonyl (C=O) groups is 1. The van der Waals surface area contributed by atoms with Crippen molar-refractivity contribution in [3.8, 4) is 0 Å². The maximum Gasteiger partial charge on any atom is 0.333 e. The van der Waals surface area contributed by atoms with Gasteiger partial charge in [-0.3, -0.25) is 4.18 Å². The monoisotopic (exact) mass is 271 g/mol. The van der Waals surface area contributed by atoms with E-state index in [-0.39, 0.29) is 11.8 Å². The first-order chi connectivity index (χ1) is 8.49. The Balaban J connectivity index is 1.75. The molecule has 0 aliphatic heterocycles. The average molecular weight is 271 g/mol. The second-order valence-electron chi connectivity index (χ2n) is 5.54. The topological polar surface area (TPSA) is 75.7 Å². The van der Waals surface area contributed by atoms with Crippen LogP contribution in [0.2, 0.25) is 0 Å². The predicted molar refractivity (Wildman–Crippen MR) is 61.7 cm³/mol. The van der Waals surface area contributed by atoms with Crippen LogP contribution in [0.3, 0.4) is 0 Å². The first kappa shape index (κ1) is 12.3. The van der Waals surface area contributed by atoms with Crippen molar-refractivity contribution >= 4 is 17.3 Å². The molecule has 6 heteroatoms. The lowest BCUT2D eigenvalue weighted by Crippen LogP contribution is -2.40. The lowest BCUT2D eigenvalue weighted by atomic mass is 9.95. The van der Waals surface area contributed by atoms with E-state index in [2.05, 4.69) is 6.58 Å². The molecule has 0 radical (unpaired) electrons. The minimum Gasteiger partial charge on any atom is -0.750 e. The van der Waals surface area contributed by atoms with Crippen LogP contribution in [0, 0.1) is 23.7 Å². The van der Waals surface area contributed by atoms with E-state index < -0.39 is 29.5 Å². The molecular formula is C12H15O5S-. The van der Waals surface area contributed by atoms with Gasteiger partial charge in [0.1, 0.15) is 12.2 Å². The summed E-state index contributed by atoms with van der Waals surface area (Å²) in [7, 11) is 0. The summed E-state index contributed by atoms with van der Waals surface area (Å²) in [6.45, 7) is 5.12. The molecule has 3 saturated carbocycles. The molecule has 3 fully saturated rings. The first-order valence-corrected chi connectivity index (χ1v) is 7.12. The Bertz CT molecular complexity index is 434. The minimum atomic E-state index is -2.56. The van der Waals surface area contributed by atoms with Crippen molar-refractivity contribution in [1.82, 2.24) is 0 Å². The summed E-state index contributed by atoms with van der Waals surface area (Å²) in [5.41, 5.74) is 0.326. The Labute approximate surface area is 108 Å². The third-order valence-electron chi connectivity index (χ3n) is 4.48. The van der Waals surface area contributed by atoms with Gasteiger partial charge in [0.25, 0.3) is 0 Å². The van der Waals surface area contributed by atoms with Gasteiger partial charge in [-0.1, -0.05) is 6.58 Å². The van der Waals surface area contributed by atoms with Crippen molar-refractivity contribution in [2.45, 2.75) is 32.0 Å². The largest absolute Gasteiger partial charge is 0.750 e. The lowest BCUT2D eigenvalue weighted by molar-refractivity contribution is -0.152. The highest BCUT2D eigenvalue weighted by Gasteiger charge is 2.67. The lowest BCUT2D eigenvalue weighted by Gasteiger charge is -2.30. The van der Waals surface area contributed by atoms with Gasteiger partial charge >= 0.3 is 5.97 Å². The second kappa shape index (κ2) is 4.15. The van der Waals surface area contributed by atoms with Crippen LogP contribution in [0.5, 0.6) is 0 Å². The molecule has 100 valence electrons. The van der Waals surface area contributed by atoms with Crippen LogP contribution in [-0.2, 0) is 25.1 Å². The maximum absolute atomic E-state index is 11.6. The van der Waals surface area contributed by atoms with Gasteiger partial charge in [-0.05, 0) is 37.5 Å². The summed E-state index contributed by atoms with van der Waals surface area (Å²) >= 11 is -2.56. The van der Waals surface area contributed by atoms with E-state index in [0.717, 1.165) is 12.8 Å². The molecule has 0 aromatic rings. The summed E-state index contributed by atoms with van der Waals surface area (Å²) in [6, 6.07) is 0. The van der Waals surface area contributed by atoms with E-state index in [9.17, 15) is 13.6 Å². The number of fused-ring (bicyclic) bond motifs is 5. The highest BCUT2D eigenvalue weighted by Crippen LogP contribution is 2.66. The molecule has 0 saturated heterocycles. The van der Waals surface area contributed by atoms with Crippen molar-refractivity contribution in [3.63, 3.8) is 0 Å². The van der Waals surface area contributed by atoms with Crippen LogP contribution in [0.1, 0.15) is 19.8 Å². The van der Waals surface area contributed by atoms with E-state index in [1.54, 1.807) is 6.92 Å². The van der Waals surface area contributed by atoms with Gasteiger partial charge in [-0.15, -0.1) is 0 Å². The third kappa shape index (κ3) is 1.83. The zero-order valence-corrected chi connectivity index (χ0v) is 10.9. The van der Waals surface area contributed by atoms with Crippen molar-refractivity contribution < 1.29 is 22.5 Å². The average Bonchev–Trinajstić information content (AvgIpc) is 2.91. The van der Waals surface area contributed by atoms with E-state index in [1.807, 2.05) is 0 Å². The molecule has 3 aliphatic carbocycles. The number of hydrogen-bond donors (Lipinski definition) is 0. The van der Waals surface area contributed by atoms with E-state index in [1.165, 1.54) is 0 Å². The van der Waals surface area contributed by atoms with Crippen LogP contribution < -0.4 is 0 Å². The molecule has 2 bridgehead atoms. The van der Waals surface area contributed by atoms with E-state index in [0.29, 0.717) is 17.4 Å². The summed E-state index contributed by atoms with van der Waals surface area (Å²) in [5.74, 6) is 1.19. The minimum absolute atomic E-state index is 0.223. The Morgan fingerprint density at radius 1 is 1.22 bits per heavy atom. The number of carbonyl (C=O) groups excluding carboxylic acids is 1. The molecule has 0 aromatic heterocycles. The van der Waals surface area contributed by atoms with E-state index in [4.69, 9.17) is 8.92 Å². The number of esters is 1. The molecule has 3 rings (SSSR count). The maximum atomic E-state index is 11.6. The highest BCUT2D eigenvalue weighted by atomic mass is 32.2. The predicted octanol–water partition coefficient (Wildman–Crippen LogP) is 0.939. The second-order valence-corrected chi connectivity index (χ2v) is 6.14. The van der Waals surface area contributed by atoms with Gasteiger partial charge in [-0.25, -0.2) is 9.00 Å². The summed E-state index contributed by atoms with van der Waals surface area (Å²) < 4.78 is 31.8. The van der Waals surface area contributed by atoms with Crippen LogP contribution >= 0.6 is 0 Å². The summed E-state index contributed by atoms with van der Waals surface area (Å²) in [4.78, 5) is 11.6. The molecule has 0 spiro atoms. The van der Waals surface area contributed by atoms with Crippen LogP contribution in [0.25, 0.3) is 0 Å². The molecule has 5 nitrogen and oxygen atoms in total. The standard InChI is InChI=1S/C12H16O5S/c1-5(2)12(13)16-10-8-4-9(7-3-6(7)8)11(10)17-18(14)15/h6-11H,1,3-4H2,2H3,(H,14,15)/p-1. The summed E-state index contributed by atoms with van der Waals surface area (Å²) in [6.07, 6.45) is 1.09. The molecule has 7 atom stereocenters. The quantitative estimate of drug-likeness (QED) is 0.432. The molecule has 0 amide bonds. The van der Waals surface area contributed by atoms with Crippen molar-refractivity contribution in [2.75, 3.05) is 0 Å². The first-order valence-electron chi connectivity index (χ1n) is 6.12. The highest BCUT2D eigenvalue weighted by molar-refractivity contribution is 7.74. The molecule has 3 aliphatic rings. The Morgan fingerprint density at radius 2 is 1.78 bits per heavy atom. The zero-order chi connectivity index (χ0) is 13.0. The number of ether oxygens (including phenoxy) is 1. The van der Waals surface area contributed by atoms with Crippen molar-refractivity contribution in [2.24, 2.45) is 23.7 Å². The van der Waals surface area contributed by atoms with Gasteiger partial charge in [-0.2, -0.15) is 0 Å². The van der Waals surface area contributed by atoms with Gasteiger partial charge in [0.2, 0.25) is 0 Å². The van der Waals surface area contributed by atoms with Crippen molar-refractivity contribution in [3.05, 3.63) is 12.2 Å². The Kier molecular flexibility index (Phi) is 2.84. The van der Waals surface area contributed by atoms with Gasteiger partial charge < -0.3 is 9.29 Å². The molecule has 7 unspecified atom stereocenters. The number of rotatable bonds is 4. The van der Waals surface area contributed by atoms with Crippen LogP contribution in [0.15, 0.2) is 12.2 Å². The Morgan fingerprint density at radius 3 is 2.33 bits per heavy atom. The molecule has 18 heavy (non-hydrogen) atoms. The van der Waals surface area contributed by atoms with Crippen LogP contribution in [-0.4, -0.2) is 26.9 Å². The van der Waals surface area contributed by atoms with Gasteiger partial charge in [0.05, 0.1) is 11.4 Å². The molecule has 0 aromatic carbocycles. The van der Waals surface area contributed by atoms with Crippen LogP contribution in [0.4, 0.5) is 0 Å². The fourth-order valence-electron chi connectivity index (χ4n) is 3.72. The number of hydrogen-bond acceptors (Lipinski definition) is 5. The Hall–Kier alpha value is -0.720. The fraction of sp³-hybridized carbons (Fsp3) is 0.750. The van der Waals surface area contributed by atoms with E-state index >= 15 is 0 Å². The smallest absolute Gasteiger partial charge is 0.333 e. The zero-order valence-electron chi connectivity index (χ0n) is 10.0. The van der Waals surface area contributed by atoms with Gasteiger partial charge in [0.15, 0.2) is 0 Å². The third-order valence-corrected chi connectivity index (χ3v) is 4.86. The fourth-order valence-corrected chi connectivity index (χ4v) is 4.16.